The third kappa shape index (κ3) is 6.38. The number of nitrogens with one attached hydrogen (secondary N) is 3. The van der Waals surface area contributed by atoms with Gasteiger partial charge in [-0.15, -0.1) is 0 Å². The summed E-state index contributed by atoms with van der Waals surface area (Å²) in [5.41, 5.74) is 2.57. The van der Waals surface area contributed by atoms with Gasteiger partial charge in [-0.25, -0.2) is 13.1 Å². The van der Waals surface area contributed by atoms with Gasteiger partial charge in [0, 0.05) is 48.1 Å². The second-order valence-corrected chi connectivity index (χ2v) is 9.63. The summed E-state index contributed by atoms with van der Waals surface area (Å²) < 4.78 is 28.0. The van der Waals surface area contributed by atoms with Gasteiger partial charge in [0.25, 0.3) is 5.91 Å². The number of carbonyl (C=O) groups excluding carboxylic acids is 1. The maximum absolute atomic E-state index is 12.7. The molecule has 0 atom stereocenters. The zero-order valence-corrected chi connectivity index (χ0v) is 19.0. The van der Waals surface area contributed by atoms with Crippen molar-refractivity contribution in [2.45, 2.75) is 17.7 Å². The fourth-order valence-electron chi connectivity index (χ4n) is 3.68. The lowest BCUT2D eigenvalue weighted by Crippen LogP contribution is -2.33. The maximum Gasteiger partial charge on any atom is 0.255 e. The molecule has 3 N–H and O–H groups in total. The van der Waals surface area contributed by atoms with Gasteiger partial charge in [0.05, 0.1) is 4.90 Å². The molecule has 0 spiro atoms. The Hall–Kier alpha value is -3.27. The van der Waals surface area contributed by atoms with Crippen LogP contribution in [-0.2, 0) is 10.0 Å². The van der Waals surface area contributed by atoms with E-state index in [9.17, 15) is 13.2 Å². The van der Waals surface area contributed by atoms with Gasteiger partial charge < -0.3 is 15.5 Å². The standard InChI is InChI=1S/C24H27N5O3S/c30-24(28-21-10-12-25-13-11-21)19-6-8-20(9-7-19)27-22-4-3-5-23(18-22)33(31,32)26-14-17-29-15-1-2-16-29/h3-13,18,26-27H,1-2,14-17H2,(H,25,28,30). The van der Waals surface area contributed by atoms with Crippen LogP contribution in [0.1, 0.15) is 23.2 Å². The molecule has 172 valence electrons. The Labute approximate surface area is 194 Å². The van der Waals surface area contributed by atoms with Crippen molar-refractivity contribution in [1.82, 2.24) is 14.6 Å². The van der Waals surface area contributed by atoms with E-state index in [1.165, 1.54) is 12.8 Å². The number of pyridine rings is 1. The number of aromatic nitrogens is 1. The average Bonchev–Trinajstić information content (AvgIpc) is 3.34. The minimum Gasteiger partial charge on any atom is -0.355 e. The van der Waals surface area contributed by atoms with E-state index in [1.54, 1.807) is 73.1 Å². The van der Waals surface area contributed by atoms with E-state index in [0.717, 1.165) is 25.3 Å². The van der Waals surface area contributed by atoms with Crippen LogP contribution in [0.3, 0.4) is 0 Å². The van der Waals surface area contributed by atoms with Gasteiger partial charge in [-0.05, 0) is 80.5 Å². The molecular weight excluding hydrogens is 438 g/mol. The fourth-order valence-corrected chi connectivity index (χ4v) is 4.75. The van der Waals surface area contributed by atoms with E-state index < -0.39 is 10.0 Å². The molecule has 1 aliphatic heterocycles. The van der Waals surface area contributed by atoms with Crippen molar-refractivity contribution < 1.29 is 13.2 Å². The Bertz CT molecular complexity index is 1180. The number of benzene rings is 2. The molecule has 0 aliphatic carbocycles. The number of sulfonamides is 1. The molecule has 1 saturated heterocycles. The smallest absolute Gasteiger partial charge is 0.255 e. The first-order valence-electron chi connectivity index (χ1n) is 10.9. The van der Waals surface area contributed by atoms with E-state index in [2.05, 4.69) is 25.2 Å². The van der Waals surface area contributed by atoms with Gasteiger partial charge in [0.15, 0.2) is 0 Å². The van der Waals surface area contributed by atoms with Crippen LogP contribution in [0.4, 0.5) is 17.1 Å². The van der Waals surface area contributed by atoms with Crippen LogP contribution in [0.5, 0.6) is 0 Å². The lowest BCUT2D eigenvalue weighted by molar-refractivity contribution is 0.102. The Balaban J connectivity index is 1.36. The first-order valence-corrected chi connectivity index (χ1v) is 12.4. The third-order valence-corrected chi connectivity index (χ3v) is 6.90. The Morgan fingerprint density at radius 1 is 0.909 bits per heavy atom. The summed E-state index contributed by atoms with van der Waals surface area (Å²) in [6.07, 6.45) is 5.58. The first-order chi connectivity index (χ1) is 16.0. The summed E-state index contributed by atoms with van der Waals surface area (Å²) in [5, 5.41) is 6.00. The van der Waals surface area contributed by atoms with Crippen molar-refractivity contribution >= 4 is 33.0 Å². The SMILES string of the molecule is O=C(Nc1ccncc1)c1ccc(Nc2cccc(S(=O)(=O)NCCN3CCCC3)c2)cc1. The maximum atomic E-state index is 12.7. The number of anilines is 3. The molecule has 3 aromatic rings. The normalized spacial score (nSPS) is 14.2. The Morgan fingerprint density at radius 3 is 2.36 bits per heavy atom. The topological polar surface area (TPSA) is 103 Å². The molecule has 9 heteroatoms. The number of rotatable bonds is 9. The summed E-state index contributed by atoms with van der Waals surface area (Å²) in [6, 6.07) is 17.1. The highest BCUT2D eigenvalue weighted by Gasteiger charge is 2.16. The van der Waals surface area contributed by atoms with Gasteiger partial charge in [0.2, 0.25) is 10.0 Å². The summed E-state index contributed by atoms with van der Waals surface area (Å²) in [5.74, 6) is -0.221. The lowest BCUT2D eigenvalue weighted by atomic mass is 10.2. The largest absolute Gasteiger partial charge is 0.355 e. The minimum atomic E-state index is -3.59. The van der Waals surface area contributed by atoms with Crippen molar-refractivity contribution in [2.24, 2.45) is 0 Å². The molecule has 2 aromatic carbocycles. The molecule has 1 aromatic heterocycles. The number of likely N-dealkylation sites (tertiary alicyclic amines) is 1. The molecular formula is C24H27N5O3S. The van der Waals surface area contributed by atoms with E-state index in [0.29, 0.717) is 23.5 Å². The molecule has 2 heterocycles. The molecule has 1 fully saturated rings. The highest BCUT2D eigenvalue weighted by molar-refractivity contribution is 7.89. The molecule has 0 bridgehead atoms. The molecule has 1 aliphatic rings. The molecule has 0 radical (unpaired) electrons. The number of nitrogens with zero attached hydrogens (tertiary/aromatic N) is 2. The van der Waals surface area contributed by atoms with Crippen molar-refractivity contribution in [2.75, 3.05) is 36.8 Å². The molecule has 33 heavy (non-hydrogen) atoms. The van der Waals surface area contributed by atoms with Crippen LogP contribution in [0, 0.1) is 0 Å². The monoisotopic (exact) mass is 465 g/mol. The third-order valence-electron chi connectivity index (χ3n) is 5.44. The molecule has 0 saturated carbocycles. The highest BCUT2D eigenvalue weighted by atomic mass is 32.2. The predicted molar refractivity (Wildman–Crippen MR) is 129 cm³/mol. The van der Waals surface area contributed by atoms with Gasteiger partial charge in [-0.3, -0.25) is 9.78 Å². The number of carbonyl (C=O) groups is 1. The van der Waals surface area contributed by atoms with Crippen LogP contribution in [0.25, 0.3) is 0 Å². The quantitative estimate of drug-likeness (QED) is 0.447. The first kappa shape index (κ1) is 22.9. The minimum absolute atomic E-state index is 0.210. The van der Waals surface area contributed by atoms with Crippen molar-refractivity contribution in [3.8, 4) is 0 Å². The van der Waals surface area contributed by atoms with E-state index in [-0.39, 0.29) is 10.8 Å². The van der Waals surface area contributed by atoms with Crippen molar-refractivity contribution in [3.05, 3.63) is 78.6 Å². The summed E-state index contributed by atoms with van der Waals surface area (Å²) >= 11 is 0. The van der Waals surface area contributed by atoms with Gasteiger partial charge in [0.1, 0.15) is 0 Å². The van der Waals surface area contributed by atoms with Crippen LogP contribution in [0.2, 0.25) is 0 Å². The average molecular weight is 466 g/mol. The molecule has 8 nitrogen and oxygen atoms in total. The summed E-state index contributed by atoms with van der Waals surface area (Å²) in [6.45, 7) is 3.18. The van der Waals surface area contributed by atoms with Crippen LogP contribution in [-0.4, -0.2) is 50.4 Å². The van der Waals surface area contributed by atoms with Crippen LogP contribution >= 0.6 is 0 Å². The zero-order chi connectivity index (χ0) is 23.1. The number of hydrogen-bond acceptors (Lipinski definition) is 6. The Kier molecular flexibility index (Phi) is 7.33. The fraction of sp³-hybridized carbons (Fsp3) is 0.250. The summed E-state index contributed by atoms with van der Waals surface area (Å²) in [4.78, 5) is 18.8. The van der Waals surface area contributed by atoms with Crippen LogP contribution < -0.4 is 15.4 Å². The summed E-state index contributed by atoms with van der Waals surface area (Å²) in [7, 11) is -3.59. The number of hydrogen-bond donors (Lipinski definition) is 3. The number of amides is 1. The van der Waals surface area contributed by atoms with Gasteiger partial charge >= 0.3 is 0 Å². The molecule has 0 unspecified atom stereocenters. The zero-order valence-electron chi connectivity index (χ0n) is 18.2. The second-order valence-electron chi connectivity index (χ2n) is 7.87. The van der Waals surface area contributed by atoms with E-state index in [1.807, 2.05) is 0 Å². The van der Waals surface area contributed by atoms with Crippen LogP contribution in [0.15, 0.2) is 78.0 Å². The van der Waals surface area contributed by atoms with Crippen molar-refractivity contribution in [1.29, 1.82) is 0 Å². The molecule has 1 amide bonds. The predicted octanol–water partition coefficient (Wildman–Crippen LogP) is 3.45. The second kappa shape index (κ2) is 10.6. The van der Waals surface area contributed by atoms with Gasteiger partial charge in [-0.1, -0.05) is 6.07 Å². The highest BCUT2D eigenvalue weighted by Crippen LogP contribution is 2.21. The molecule has 4 rings (SSSR count). The Morgan fingerprint density at radius 2 is 1.64 bits per heavy atom. The van der Waals surface area contributed by atoms with E-state index in [4.69, 9.17) is 0 Å². The lowest BCUT2D eigenvalue weighted by Gasteiger charge is -2.15. The van der Waals surface area contributed by atoms with Gasteiger partial charge in [-0.2, -0.15) is 0 Å². The van der Waals surface area contributed by atoms with E-state index >= 15 is 0 Å². The van der Waals surface area contributed by atoms with Crippen molar-refractivity contribution in [3.63, 3.8) is 0 Å².